The van der Waals surface area contributed by atoms with Gasteiger partial charge >= 0.3 is 6.09 Å². The molecule has 0 aromatic heterocycles. The highest BCUT2D eigenvalue weighted by Crippen LogP contribution is 1.87. The summed E-state index contributed by atoms with van der Waals surface area (Å²) in [6, 6.07) is 0. The van der Waals surface area contributed by atoms with Gasteiger partial charge in [-0.25, -0.2) is 4.79 Å². The molecule has 0 radical (unpaired) electrons. The molecule has 1 unspecified atom stereocenters. The predicted molar refractivity (Wildman–Crippen MR) is 46.1 cm³/mol. The van der Waals surface area contributed by atoms with Gasteiger partial charge in [0.1, 0.15) is 0 Å². The van der Waals surface area contributed by atoms with Crippen LogP contribution in [0.25, 0.3) is 0 Å². The Hall–Kier alpha value is -0.770. The Morgan fingerprint density at radius 1 is 1.42 bits per heavy atom. The molecule has 1 atom stereocenters. The third-order valence-corrected chi connectivity index (χ3v) is 1.26. The van der Waals surface area contributed by atoms with E-state index in [0.29, 0.717) is 19.8 Å². The first-order valence-electron chi connectivity index (χ1n) is 4.22. The first-order chi connectivity index (χ1) is 5.70. The fourth-order valence-electron chi connectivity index (χ4n) is 0.753. The van der Waals surface area contributed by atoms with Crippen LogP contribution in [0, 0.1) is 0 Å². The molecular weight excluding hydrogens is 158 g/mol. The molecule has 4 nitrogen and oxygen atoms in total. The standard InChI is InChI=1S/C8H17NO3/c1-4-11-7(3)6-9-8(10)12-5-2/h7H,4-6H2,1-3H3,(H,9,10). The lowest BCUT2D eigenvalue weighted by Crippen LogP contribution is -2.32. The number of carbonyl (C=O) groups excluding carboxylic acids is 1. The second kappa shape index (κ2) is 6.91. The highest BCUT2D eigenvalue weighted by molar-refractivity contribution is 5.67. The van der Waals surface area contributed by atoms with E-state index < -0.39 is 0 Å². The Morgan fingerprint density at radius 2 is 2.08 bits per heavy atom. The van der Waals surface area contributed by atoms with E-state index >= 15 is 0 Å². The molecule has 1 amide bonds. The number of ether oxygens (including phenoxy) is 2. The van der Waals surface area contributed by atoms with Crippen LogP contribution in [0.4, 0.5) is 4.79 Å². The van der Waals surface area contributed by atoms with E-state index in [1.807, 2.05) is 13.8 Å². The minimum absolute atomic E-state index is 0.0411. The molecule has 4 heteroatoms. The van der Waals surface area contributed by atoms with Crippen molar-refractivity contribution in [3.8, 4) is 0 Å². The number of amides is 1. The van der Waals surface area contributed by atoms with Gasteiger partial charge in [0.25, 0.3) is 0 Å². The Morgan fingerprint density at radius 3 is 2.58 bits per heavy atom. The number of carbonyl (C=O) groups is 1. The highest BCUT2D eigenvalue weighted by Gasteiger charge is 2.03. The third-order valence-electron chi connectivity index (χ3n) is 1.26. The summed E-state index contributed by atoms with van der Waals surface area (Å²) in [5.74, 6) is 0. The van der Waals surface area contributed by atoms with Gasteiger partial charge in [-0.05, 0) is 20.8 Å². The molecular formula is C8H17NO3. The maximum Gasteiger partial charge on any atom is 0.407 e. The van der Waals surface area contributed by atoms with Crippen molar-refractivity contribution in [2.75, 3.05) is 19.8 Å². The van der Waals surface area contributed by atoms with E-state index in [9.17, 15) is 4.79 Å². The molecule has 0 aliphatic rings. The number of rotatable bonds is 5. The van der Waals surface area contributed by atoms with Crippen LogP contribution in [0.15, 0.2) is 0 Å². The summed E-state index contributed by atoms with van der Waals surface area (Å²) in [5.41, 5.74) is 0. The second-order valence-corrected chi connectivity index (χ2v) is 2.37. The third kappa shape index (κ3) is 5.97. The van der Waals surface area contributed by atoms with E-state index in [2.05, 4.69) is 10.1 Å². The van der Waals surface area contributed by atoms with Gasteiger partial charge in [-0.1, -0.05) is 0 Å². The van der Waals surface area contributed by atoms with Crippen LogP contribution in [0.5, 0.6) is 0 Å². The molecule has 0 aromatic rings. The average Bonchev–Trinajstić information content (AvgIpc) is 2.02. The minimum atomic E-state index is -0.385. The van der Waals surface area contributed by atoms with Gasteiger partial charge in [0.15, 0.2) is 0 Å². The summed E-state index contributed by atoms with van der Waals surface area (Å²) < 4.78 is 9.86. The lowest BCUT2D eigenvalue weighted by atomic mass is 10.4. The summed E-state index contributed by atoms with van der Waals surface area (Å²) in [6.07, 6.45) is -0.344. The summed E-state index contributed by atoms with van der Waals surface area (Å²) in [7, 11) is 0. The smallest absolute Gasteiger partial charge is 0.407 e. The van der Waals surface area contributed by atoms with Gasteiger partial charge in [0.2, 0.25) is 0 Å². The van der Waals surface area contributed by atoms with Crippen molar-refractivity contribution in [1.82, 2.24) is 5.32 Å². The quantitative estimate of drug-likeness (QED) is 0.682. The maximum absolute atomic E-state index is 10.8. The van der Waals surface area contributed by atoms with Crippen LogP contribution in [0.2, 0.25) is 0 Å². The first-order valence-corrected chi connectivity index (χ1v) is 4.22. The van der Waals surface area contributed by atoms with Crippen LogP contribution in [0.3, 0.4) is 0 Å². The molecule has 0 fully saturated rings. The molecule has 0 saturated carbocycles. The van der Waals surface area contributed by atoms with Gasteiger partial charge in [0.05, 0.1) is 12.7 Å². The van der Waals surface area contributed by atoms with Crippen molar-refractivity contribution in [3.63, 3.8) is 0 Å². The molecule has 0 bridgehead atoms. The molecule has 0 rings (SSSR count). The van der Waals surface area contributed by atoms with Crippen molar-refractivity contribution in [1.29, 1.82) is 0 Å². The zero-order valence-corrected chi connectivity index (χ0v) is 7.92. The van der Waals surface area contributed by atoms with Crippen molar-refractivity contribution < 1.29 is 14.3 Å². The zero-order valence-electron chi connectivity index (χ0n) is 7.92. The van der Waals surface area contributed by atoms with Crippen molar-refractivity contribution in [3.05, 3.63) is 0 Å². The van der Waals surface area contributed by atoms with Gasteiger partial charge < -0.3 is 14.8 Å². The van der Waals surface area contributed by atoms with E-state index in [0.717, 1.165) is 0 Å². The molecule has 0 saturated heterocycles. The lowest BCUT2D eigenvalue weighted by molar-refractivity contribution is 0.0730. The lowest BCUT2D eigenvalue weighted by Gasteiger charge is -2.11. The molecule has 0 aliphatic heterocycles. The number of hydrogen-bond donors (Lipinski definition) is 1. The summed E-state index contributed by atoms with van der Waals surface area (Å²) >= 11 is 0. The number of nitrogens with one attached hydrogen (secondary N) is 1. The summed E-state index contributed by atoms with van der Waals surface area (Å²) in [5, 5.41) is 2.58. The summed E-state index contributed by atoms with van der Waals surface area (Å²) in [6.45, 7) is 7.13. The average molecular weight is 175 g/mol. The van der Waals surface area contributed by atoms with E-state index in [1.54, 1.807) is 6.92 Å². The SMILES string of the molecule is CCOC(=O)NCC(C)OCC. The largest absolute Gasteiger partial charge is 0.450 e. The van der Waals surface area contributed by atoms with Gasteiger partial charge in [-0.2, -0.15) is 0 Å². The van der Waals surface area contributed by atoms with E-state index in [-0.39, 0.29) is 12.2 Å². The van der Waals surface area contributed by atoms with Crippen molar-refractivity contribution in [2.45, 2.75) is 26.9 Å². The van der Waals surface area contributed by atoms with Gasteiger partial charge in [-0.15, -0.1) is 0 Å². The molecule has 0 heterocycles. The van der Waals surface area contributed by atoms with Crippen LogP contribution in [-0.4, -0.2) is 32.0 Å². The highest BCUT2D eigenvalue weighted by atomic mass is 16.5. The molecule has 12 heavy (non-hydrogen) atoms. The van der Waals surface area contributed by atoms with E-state index in [1.165, 1.54) is 0 Å². The fourth-order valence-corrected chi connectivity index (χ4v) is 0.753. The molecule has 0 spiro atoms. The molecule has 1 N–H and O–H groups in total. The Bertz CT molecular complexity index is 127. The topological polar surface area (TPSA) is 47.6 Å². The van der Waals surface area contributed by atoms with Crippen LogP contribution in [-0.2, 0) is 9.47 Å². The van der Waals surface area contributed by atoms with Crippen LogP contribution < -0.4 is 5.32 Å². The predicted octanol–water partition coefficient (Wildman–Crippen LogP) is 1.16. The molecule has 0 aromatic carbocycles. The maximum atomic E-state index is 10.8. The van der Waals surface area contributed by atoms with Crippen LogP contribution >= 0.6 is 0 Å². The second-order valence-electron chi connectivity index (χ2n) is 2.37. The molecule has 72 valence electrons. The van der Waals surface area contributed by atoms with Gasteiger partial charge in [-0.3, -0.25) is 0 Å². The first kappa shape index (κ1) is 11.2. The number of hydrogen-bond acceptors (Lipinski definition) is 3. The van der Waals surface area contributed by atoms with Crippen molar-refractivity contribution >= 4 is 6.09 Å². The zero-order chi connectivity index (χ0) is 9.40. The fraction of sp³-hybridized carbons (Fsp3) is 0.875. The van der Waals surface area contributed by atoms with Gasteiger partial charge in [0, 0.05) is 13.2 Å². The number of alkyl carbamates (subject to hydrolysis) is 1. The van der Waals surface area contributed by atoms with E-state index in [4.69, 9.17) is 4.74 Å². The van der Waals surface area contributed by atoms with Crippen LogP contribution in [0.1, 0.15) is 20.8 Å². The monoisotopic (exact) mass is 175 g/mol. The molecule has 0 aliphatic carbocycles. The Kier molecular flexibility index (Phi) is 6.47. The van der Waals surface area contributed by atoms with Crippen molar-refractivity contribution in [2.24, 2.45) is 0 Å². The Labute approximate surface area is 73.2 Å². The minimum Gasteiger partial charge on any atom is -0.450 e. The Balaban J connectivity index is 3.33. The summed E-state index contributed by atoms with van der Waals surface area (Å²) in [4.78, 5) is 10.8. The normalized spacial score (nSPS) is 12.2.